The lowest BCUT2D eigenvalue weighted by Gasteiger charge is -2.28. The summed E-state index contributed by atoms with van der Waals surface area (Å²) < 4.78 is 30.8. The fourth-order valence-corrected chi connectivity index (χ4v) is 3.88. The average molecular weight is 417 g/mol. The summed E-state index contributed by atoms with van der Waals surface area (Å²) in [6, 6.07) is 10.2. The Hall–Kier alpha value is -1.96. The zero-order chi connectivity index (χ0) is 19.5. The minimum Gasteiger partial charge on any atom is -0.495 e. The number of rotatable bonds is 6. The van der Waals surface area contributed by atoms with Crippen molar-refractivity contribution in [1.82, 2.24) is 0 Å². The number of sulfonamides is 1. The summed E-state index contributed by atoms with van der Waals surface area (Å²) in [5, 5.41) is 3.16. The molecule has 140 valence electrons. The minimum absolute atomic E-state index is 0.190. The van der Waals surface area contributed by atoms with Crippen molar-refractivity contribution in [3.8, 4) is 5.75 Å². The van der Waals surface area contributed by atoms with Crippen LogP contribution < -0.4 is 14.4 Å². The molecule has 6 nitrogen and oxygen atoms in total. The van der Waals surface area contributed by atoms with E-state index in [1.165, 1.54) is 32.2 Å². The van der Waals surface area contributed by atoms with Crippen molar-refractivity contribution in [3.05, 3.63) is 52.5 Å². The zero-order valence-corrected chi connectivity index (χ0v) is 16.7. The highest BCUT2D eigenvalue weighted by Gasteiger charge is 2.30. The van der Waals surface area contributed by atoms with Gasteiger partial charge in [-0.25, -0.2) is 8.42 Å². The lowest BCUT2D eigenvalue weighted by atomic mass is 10.2. The third-order valence-electron chi connectivity index (χ3n) is 3.61. The molecule has 0 aliphatic heterocycles. The molecule has 0 aliphatic carbocycles. The van der Waals surface area contributed by atoms with Crippen LogP contribution in [0.15, 0.2) is 42.5 Å². The fourth-order valence-electron chi connectivity index (χ4n) is 2.42. The molecule has 0 aromatic heterocycles. The Morgan fingerprint density at radius 3 is 2.38 bits per heavy atom. The summed E-state index contributed by atoms with van der Waals surface area (Å²) in [6.07, 6.45) is 1.02. The van der Waals surface area contributed by atoms with Crippen molar-refractivity contribution < 1.29 is 17.9 Å². The second-order valence-corrected chi connectivity index (χ2v) is 8.20. The van der Waals surface area contributed by atoms with Gasteiger partial charge in [-0.2, -0.15) is 0 Å². The monoisotopic (exact) mass is 416 g/mol. The van der Waals surface area contributed by atoms with E-state index in [1.807, 2.05) is 0 Å². The zero-order valence-electron chi connectivity index (χ0n) is 14.4. The van der Waals surface area contributed by atoms with Gasteiger partial charge in [0.2, 0.25) is 15.9 Å². The highest BCUT2D eigenvalue weighted by molar-refractivity contribution is 7.92. The van der Waals surface area contributed by atoms with Gasteiger partial charge in [-0.15, -0.1) is 0 Å². The Kier molecular flexibility index (Phi) is 6.39. The Balaban J connectivity index is 2.36. The van der Waals surface area contributed by atoms with Crippen molar-refractivity contribution in [2.24, 2.45) is 0 Å². The number of amides is 1. The molecule has 1 N–H and O–H groups in total. The smallest absolute Gasteiger partial charge is 0.248 e. The number of carbonyl (C=O) groups excluding carboxylic acids is 1. The molecular weight excluding hydrogens is 399 g/mol. The highest BCUT2D eigenvalue weighted by atomic mass is 35.5. The van der Waals surface area contributed by atoms with Crippen LogP contribution in [0.4, 0.5) is 11.4 Å². The molecule has 2 aromatic carbocycles. The van der Waals surface area contributed by atoms with Gasteiger partial charge >= 0.3 is 0 Å². The molecule has 9 heteroatoms. The predicted molar refractivity (Wildman–Crippen MR) is 105 cm³/mol. The van der Waals surface area contributed by atoms with Crippen LogP contribution in [0.1, 0.15) is 6.92 Å². The Bertz CT molecular complexity index is 919. The minimum atomic E-state index is -3.76. The number of methoxy groups -OCH3 is 1. The van der Waals surface area contributed by atoms with E-state index >= 15 is 0 Å². The van der Waals surface area contributed by atoms with E-state index in [1.54, 1.807) is 24.3 Å². The van der Waals surface area contributed by atoms with Crippen LogP contribution in [0.2, 0.25) is 10.0 Å². The highest BCUT2D eigenvalue weighted by Crippen LogP contribution is 2.30. The van der Waals surface area contributed by atoms with Gasteiger partial charge in [-0.1, -0.05) is 35.3 Å². The summed E-state index contributed by atoms with van der Waals surface area (Å²) in [7, 11) is -2.28. The van der Waals surface area contributed by atoms with Crippen molar-refractivity contribution >= 4 is 50.5 Å². The van der Waals surface area contributed by atoms with Crippen molar-refractivity contribution in [2.75, 3.05) is 23.0 Å². The molecule has 0 unspecified atom stereocenters. The maximum Gasteiger partial charge on any atom is 0.248 e. The Morgan fingerprint density at radius 2 is 1.81 bits per heavy atom. The van der Waals surface area contributed by atoms with Gasteiger partial charge in [0.15, 0.2) is 0 Å². The molecule has 2 aromatic rings. The van der Waals surface area contributed by atoms with Crippen LogP contribution >= 0.6 is 23.2 Å². The van der Waals surface area contributed by atoms with Gasteiger partial charge in [-0.3, -0.25) is 9.10 Å². The van der Waals surface area contributed by atoms with Crippen LogP contribution in [0, 0.1) is 0 Å². The maximum atomic E-state index is 12.7. The molecule has 0 bridgehead atoms. The quantitative estimate of drug-likeness (QED) is 0.776. The van der Waals surface area contributed by atoms with Gasteiger partial charge in [0.25, 0.3) is 0 Å². The van der Waals surface area contributed by atoms with Crippen LogP contribution in [0.5, 0.6) is 5.75 Å². The molecule has 0 spiro atoms. The van der Waals surface area contributed by atoms with E-state index in [4.69, 9.17) is 27.9 Å². The number of anilines is 2. The standard InChI is InChI=1S/C17H18Cl2N2O4S/c1-11(17(22)20-15-6-4-5-7-16(15)25-2)21(26(3,23)24)12-8-9-13(18)14(19)10-12/h4-11H,1-3H3,(H,20,22)/t11-/m0/s1. The first-order valence-corrected chi connectivity index (χ1v) is 10.1. The van der Waals surface area contributed by atoms with Crippen molar-refractivity contribution in [2.45, 2.75) is 13.0 Å². The first-order chi connectivity index (χ1) is 12.1. The first-order valence-electron chi connectivity index (χ1n) is 7.53. The van der Waals surface area contributed by atoms with E-state index in [0.29, 0.717) is 11.4 Å². The Labute approximate surface area is 162 Å². The number of nitrogens with zero attached hydrogens (tertiary/aromatic N) is 1. The van der Waals surface area contributed by atoms with Crippen LogP contribution in [0.3, 0.4) is 0 Å². The van der Waals surface area contributed by atoms with Gasteiger partial charge < -0.3 is 10.1 Å². The topological polar surface area (TPSA) is 75.7 Å². The van der Waals surface area contributed by atoms with E-state index in [2.05, 4.69) is 5.32 Å². The number of benzene rings is 2. The van der Waals surface area contributed by atoms with E-state index < -0.39 is 22.0 Å². The van der Waals surface area contributed by atoms with Crippen molar-refractivity contribution in [1.29, 1.82) is 0 Å². The summed E-state index contributed by atoms with van der Waals surface area (Å²) >= 11 is 11.9. The molecular formula is C17H18Cl2N2O4S. The number of hydrogen-bond donors (Lipinski definition) is 1. The molecule has 0 saturated carbocycles. The SMILES string of the molecule is COc1ccccc1NC(=O)[C@H](C)N(c1ccc(Cl)c(Cl)c1)S(C)(=O)=O. The van der Waals surface area contributed by atoms with Crippen LogP contribution in [-0.4, -0.2) is 33.7 Å². The fraction of sp³-hybridized carbons (Fsp3) is 0.235. The summed E-state index contributed by atoms with van der Waals surface area (Å²) in [5.74, 6) is -0.0560. The molecule has 1 atom stereocenters. The summed E-state index contributed by atoms with van der Waals surface area (Å²) in [5.41, 5.74) is 0.680. The number of para-hydroxylation sites is 2. The summed E-state index contributed by atoms with van der Waals surface area (Å²) in [4.78, 5) is 12.7. The molecule has 0 saturated heterocycles. The van der Waals surface area contributed by atoms with Crippen molar-refractivity contribution in [3.63, 3.8) is 0 Å². The normalized spacial score (nSPS) is 12.3. The molecule has 0 aliphatic rings. The number of ether oxygens (including phenoxy) is 1. The largest absolute Gasteiger partial charge is 0.495 e. The lowest BCUT2D eigenvalue weighted by Crippen LogP contribution is -2.45. The second kappa shape index (κ2) is 8.16. The average Bonchev–Trinajstić information content (AvgIpc) is 2.57. The third kappa shape index (κ3) is 4.60. The molecule has 0 fully saturated rings. The van der Waals surface area contributed by atoms with Crippen LogP contribution in [0.25, 0.3) is 0 Å². The van der Waals surface area contributed by atoms with Crippen LogP contribution in [-0.2, 0) is 14.8 Å². The Morgan fingerprint density at radius 1 is 1.15 bits per heavy atom. The molecule has 0 radical (unpaired) electrons. The number of nitrogens with one attached hydrogen (secondary N) is 1. The van der Waals surface area contributed by atoms with E-state index in [-0.39, 0.29) is 15.7 Å². The van der Waals surface area contributed by atoms with E-state index in [0.717, 1.165) is 10.6 Å². The van der Waals surface area contributed by atoms with Gasteiger partial charge in [-0.05, 0) is 37.3 Å². The van der Waals surface area contributed by atoms with E-state index in [9.17, 15) is 13.2 Å². The summed E-state index contributed by atoms with van der Waals surface area (Å²) in [6.45, 7) is 1.48. The lowest BCUT2D eigenvalue weighted by molar-refractivity contribution is -0.116. The molecule has 1 amide bonds. The molecule has 0 heterocycles. The number of halogens is 2. The molecule has 2 rings (SSSR count). The predicted octanol–water partition coefficient (Wildman–Crippen LogP) is 3.80. The molecule has 26 heavy (non-hydrogen) atoms. The van der Waals surface area contributed by atoms with Gasteiger partial charge in [0.1, 0.15) is 11.8 Å². The first kappa shape index (κ1) is 20.4. The van der Waals surface area contributed by atoms with Gasteiger partial charge in [0.05, 0.1) is 34.8 Å². The second-order valence-electron chi connectivity index (χ2n) is 5.52. The number of carbonyl (C=O) groups is 1. The third-order valence-corrected chi connectivity index (χ3v) is 5.59. The maximum absolute atomic E-state index is 12.7. The number of hydrogen-bond acceptors (Lipinski definition) is 4. The van der Waals surface area contributed by atoms with Gasteiger partial charge in [0, 0.05) is 0 Å².